The quantitative estimate of drug-likeness (QED) is 0.0211. The van der Waals surface area contributed by atoms with Crippen molar-refractivity contribution in [1.29, 1.82) is 0 Å². The molecule has 450 valence electrons. The lowest BCUT2D eigenvalue weighted by molar-refractivity contribution is -0.870. The molecule has 0 heterocycles. The molecule has 0 fully saturated rings. The number of hydrogen-bond acceptors (Lipinski definition) is 7. The van der Waals surface area contributed by atoms with E-state index in [2.05, 4.69) is 26.0 Å². The Morgan fingerprint density at radius 1 is 0.382 bits per heavy atom. The molecule has 0 aliphatic heterocycles. The van der Waals surface area contributed by atoms with E-state index in [1.807, 2.05) is 21.1 Å². The Labute approximate surface area is 472 Å². The first-order valence-corrected chi connectivity index (χ1v) is 33.4. The maximum atomic E-state index is 12.9. The topological polar surface area (TPSA) is 108 Å². The predicted octanol–water partition coefficient (Wildman–Crippen LogP) is 20.1. The third kappa shape index (κ3) is 59.7. The summed E-state index contributed by atoms with van der Waals surface area (Å²) >= 11 is 0. The molecule has 0 bridgehead atoms. The van der Waals surface area contributed by atoms with Crippen LogP contribution in [0.3, 0.4) is 0 Å². The Hall–Kier alpha value is -1.97. The number of carbonyl (C=O) groups excluding carboxylic acids is 2. The van der Waals surface area contributed by atoms with Gasteiger partial charge in [0.25, 0.3) is 6.29 Å². The van der Waals surface area contributed by atoms with Crippen LogP contribution in [0.25, 0.3) is 0 Å². The number of unbranched alkanes of at least 4 members (excludes halogenated alkanes) is 46. The van der Waals surface area contributed by atoms with Gasteiger partial charge >= 0.3 is 17.9 Å². The Morgan fingerprint density at radius 3 is 0.974 bits per heavy atom. The van der Waals surface area contributed by atoms with Crippen LogP contribution < -0.4 is 0 Å². The minimum atomic E-state index is -1.51. The molecule has 0 aliphatic rings. The summed E-state index contributed by atoms with van der Waals surface area (Å²) in [6.45, 7) is 4.96. The zero-order valence-corrected chi connectivity index (χ0v) is 51.5. The van der Waals surface area contributed by atoms with Gasteiger partial charge in [0, 0.05) is 12.8 Å². The van der Waals surface area contributed by atoms with Gasteiger partial charge in [0.1, 0.15) is 13.2 Å². The second-order valence-electron chi connectivity index (χ2n) is 24.1. The van der Waals surface area contributed by atoms with Gasteiger partial charge in [-0.1, -0.05) is 302 Å². The second-order valence-corrected chi connectivity index (χ2v) is 24.1. The normalized spacial score (nSPS) is 12.7. The van der Waals surface area contributed by atoms with Crippen molar-refractivity contribution >= 4 is 17.9 Å². The summed E-state index contributed by atoms with van der Waals surface area (Å²) in [4.78, 5) is 37.6. The highest BCUT2D eigenvalue weighted by Crippen LogP contribution is 2.19. The molecule has 0 saturated carbocycles. The van der Waals surface area contributed by atoms with E-state index in [9.17, 15) is 19.5 Å². The molecular weight excluding hydrogens is 947 g/mol. The number of aliphatic carboxylic acids is 1. The highest BCUT2D eigenvalue weighted by molar-refractivity contribution is 5.71. The SMILES string of the molecule is CCCCCCCCCC/C=C\CCCCCCCCCCCCCCCCCC(=O)OC(COC(=O)CCCCCCCCCCCCCCCCCCCCCCCCCC)COC(OCC[N+](C)(C)C)C(=O)O. The van der Waals surface area contributed by atoms with Crippen LogP contribution in [-0.2, 0) is 33.3 Å². The molecule has 0 aromatic carbocycles. The summed E-state index contributed by atoms with van der Waals surface area (Å²) < 4.78 is 23.0. The number of allylic oxidation sites excluding steroid dienone is 2. The summed E-state index contributed by atoms with van der Waals surface area (Å²) in [7, 11) is 5.99. The Bertz CT molecular complexity index is 1250. The van der Waals surface area contributed by atoms with Crippen LogP contribution in [-0.4, -0.2) is 87.4 Å². The first-order chi connectivity index (χ1) is 37.1. The molecule has 2 unspecified atom stereocenters. The highest BCUT2D eigenvalue weighted by atomic mass is 16.7. The molecule has 9 heteroatoms. The van der Waals surface area contributed by atoms with E-state index in [0.717, 1.165) is 38.5 Å². The van der Waals surface area contributed by atoms with Crippen molar-refractivity contribution in [2.24, 2.45) is 0 Å². The van der Waals surface area contributed by atoms with E-state index in [4.69, 9.17) is 18.9 Å². The molecular formula is C67H130NO8+. The Morgan fingerprint density at radius 2 is 0.671 bits per heavy atom. The largest absolute Gasteiger partial charge is 0.477 e. The maximum absolute atomic E-state index is 12.9. The van der Waals surface area contributed by atoms with Crippen molar-refractivity contribution < 1.29 is 42.9 Å². The van der Waals surface area contributed by atoms with Gasteiger partial charge in [-0.15, -0.1) is 0 Å². The maximum Gasteiger partial charge on any atom is 0.361 e. The van der Waals surface area contributed by atoms with Crippen molar-refractivity contribution in [3.63, 3.8) is 0 Å². The Kier molecular flexibility index (Phi) is 57.6. The number of rotatable bonds is 63. The van der Waals surface area contributed by atoms with Crippen molar-refractivity contribution in [3.05, 3.63) is 12.2 Å². The van der Waals surface area contributed by atoms with Crippen LogP contribution in [0.1, 0.15) is 341 Å². The summed E-state index contributed by atoms with van der Waals surface area (Å²) in [5, 5.41) is 9.73. The molecule has 0 aromatic rings. The first-order valence-electron chi connectivity index (χ1n) is 33.4. The fraction of sp³-hybridized carbons (Fsp3) is 0.925. The van der Waals surface area contributed by atoms with E-state index in [1.165, 1.54) is 276 Å². The van der Waals surface area contributed by atoms with Gasteiger partial charge < -0.3 is 28.5 Å². The number of likely N-dealkylation sites (N-methyl/N-ethyl adjacent to an activating group) is 1. The van der Waals surface area contributed by atoms with Gasteiger partial charge in [0.2, 0.25) is 0 Å². The van der Waals surface area contributed by atoms with E-state index in [1.54, 1.807) is 0 Å². The average molecular weight is 1080 g/mol. The van der Waals surface area contributed by atoms with Crippen molar-refractivity contribution in [2.45, 2.75) is 354 Å². The molecule has 0 amide bonds. The van der Waals surface area contributed by atoms with Crippen LogP contribution in [0.15, 0.2) is 12.2 Å². The highest BCUT2D eigenvalue weighted by Gasteiger charge is 2.25. The summed E-state index contributed by atoms with van der Waals surface area (Å²) in [6.07, 6.45) is 67.4. The van der Waals surface area contributed by atoms with Gasteiger partial charge in [0.15, 0.2) is 6.10 Å². The Balaban J connectivity index is 4.10. The summed E-state index contributed by atoms with van der Waals surface area (Å²) in [6, 6.07) is 0. The molecule has 0 radical (unpaired) electrons. The number of ether oxygens (including phenoxy) is 4. The van der Waals surface area contributed by atoms with Crippen LogP contribution in [0.5, 0.6) is 0 Å². The van der Waals surface area contributed by atoms with Gasteiger partial charge in [-0.2, -0.15) is 0 Å². The van der Waals surface area contributed by atoms with Gasteiger partial charge in [-0.25, -0.2) is 4.79 Å². The number of carbonyl (C=O) groups is 3. The molecule has 0 rings (SSSR count). The summed E-state index contributed by atoms with van der Waals surface area (Å²) in [5.41, 5.74) is 0. The van der Waals surface area contributed by atoms with Crippen LogP contribution >= 0.6 is 0 Å². The zero-order chi connectivity index (χ0) is 55.5. The monoisotopic (exact) mass is 1080 g/mol. The molecule has 9 nitrogen and oxygen atoms in total. The third-order valence-electron chi connectivity index (χ3n) is 15.3. The van der Waals surface area contributed by atoms with Crippen molar-refractivity contribution in [2.75, 3.05) is 47.5 Å². The fourth-order valence-electron chi connectivity index (χ4n) is 10.1. The van der Waals surface area contributed by atoms with Gasteiger partial charge in [0.05, 0.1) is 34.4 Å². The van der Waals surface area contributed by atoms with Crippen molar-refractivity contribution in [3.8, 4) is 0 Å². The lowest BCUT2D eigenvalue weighted by atomic mass is 10.0. The standard InChI is InChI=1S/C67H129NO8/c1-6-8-10-12-14-16-18-20-22-24-26-28-30-32-33-34-36-38-40-42-44-46-48-50-52-54-56-58-65(70)76-63(62-75-67(66(71)72)73-60-59-68(3,4)5)61-74-64(69)57-55-53-51-49-47-45-43-41-39-37-35-31-29-27-25-23-21-19-17-15-13-11-9-7-2/h24,26,63,67H,6-23,25,27-62H2,1-5H3/p+1/b26-24-. The third-order valence-corrected chi connectivity index (χ3v) is 15.3. The number of nitrogens with zero attached hydrogens (tertiary/aromatic N) is 1. The van der Waals surface area contributed by atoms with E-state index >= 15 is 0 Å². The molecule has 1 N–H and O–H groups in total. The van der Waals surface area contributed by atoms with Crippen LogP contribution in [0, 0.1) is 0 Å². The number of esters is 2. The molecule has 76 heavy (non-hydrogen) atoms. The number of hydrogen-bond donors (Lipinski definition) is 1. The van der Waals surface area contributed by atoms with Crippen LogP contribution in [0.4, 0.5) is 0 Å². The minimum absolute atomic E-state index is 0.174. The van der Waals surface area contributed by atoms with Crippen LogP contribution in [0.2, 0.25) is 0 Å². The molecule has 0 aliphatic carbocycles. The molecule has 0 saturated heterocycles. The number of carboxylic acids is 1. The minimum Gasteiger partial charge on any atom is -0.477 e. The smallest absolute Gasteiger partial charge is 0.361 e. The van der Waals surface area contributed by atoms with E-state index in [0.29, 0.717) is 17.4 Å². The lowest BCUT2D eigenvalue weighted by Gasteiger charge is -2.25. The zero-order valence-electron chi connectivity index (χ0n) is 51.5. The fourth-order valence-corrected chi connectivity index (χ4v) is 10.1. The molecule has 0 spiro atoms. The van der Waals surface area contributed by atoms with Crippen molar-refractivity contribution in [1.82, 2.24) is 0 Å². The number of carboxylic acid groups (broad SMARTS) is 1. The molecule has 2 atom stereocenters. The van der Waals surface area contributed by atoms with E-state index in [-0.39, 0.29) is 38.2 Å². The van der Waals surface area contributed by atoms with Gasteiger partial charge in [-0.3, -0.25) is 9.59 Å². The molecule has 0 aromatic heterocycles. The average Bonchev–Trinajstić information content (AvgIpc) is 3.39. The second kappa shape index (κ2) is 59.2. The summed E-state index contributed by atoms with van der Waals surface area (Å²) in [5.74, 6) is -1.97. The predicted molar refractivity (Wildman–Crippen MR) is 323 cm³/mol. The first kappa shape index (κ1) is 74.0. The lowest BCUT2D eigenvalue weighted by Crippen LogP contribution is -2.40. The van der Waals surface area contributed by atoms with Gasteiger partial charge in [-0.05, 0) is 38.5 Å². The van der Waals surface area contributed by atoms with E-state index < -0.39 is 18.4 Å². The number of quaternary nitrogens is 1.